The number of hydrogen-bond donors (Lipinski definition) is 1. The Balaban J connectivity index is 2.60. The van der Waals surface area contributed by atoms with Crippen molar-refractivity contribution >= 4 is 17.8 Å². The van der Waals surface area contributed by atoms with Crippen molar-refractivity contribution in [1.29, 1.82) is 0 Å². The number of nitrogens with zero attached hydrogens (tertiary/aromatic N) is 3. The number of hydrogen-bond acceptors (Lipinski definition) is 4. The molecule has 1 rings (SSSR count). The number of benzene rings is 1. The Hall–Kier alpha value is -2.28. The molecular formula is C12H17N4O3+. The van der Waals surface area contributed by atoms with Crippen LogP contribution in [-0.2, 0) is 4.79 Å². The fourth-order valence-electron chi connectivity index (χ4n) is 1.36. The van der Waals surface area contributed by atoms with Crippen LogP contribution in [0.15, 0.2) is 29.4 Å². The summed E-state index contributed by atoms with van der Waals surface area (Å²) in [5, 5.41) is 14.4. The molecule has 7 heteroatoms. The van der Waals surface area contributed by atoms with E-state index < -0.39 is 4.92 Å². The van der Waals surface area contributed by atoms with Gasteiger partial charge in [-0.05, 0) is 0 Å². The van der Waals surface area contributed by atoms with Gasteiger partial charge in [-0.3, -0.25) is 14.9 Å². The Morgan fingerprint density at radius 3 is 2.74 bits per heavy atom. The molecule has 102 valence electrons. The fourth-order valence-corrected chi connectivity index (χ4v) is 1.36. The molecule has 1 aromatic rings. The monoisotopic (exact) mass is 265 g/mol. The van der Waals surface area contributed by atoms with Gasteiger partial charge < -0.3 is 4.48 Å². The van der Waals surface area contributed by atoms with E-state index >= 15 is 0 Å². The second-order valence-corrected chi connectivity index (χ2v) is 5.09. The largest absolute Gasteiger partial charge is 0.323 e. The number of rotatable bonds is 5. The van der Waals surface area contributed by atoms with Crippen molar-refractivity contribution in [3.05, 3.63) is 39.9 Å². The van der Waals surface area contributed by atoms with Gasteiger partial charge in [0.05, 0.1) is 32.3 Å². The van der Waals surface area contributed by atoms with Gasteiger partial charge in [-0.15, -0.1) is 0 Å². The molecule has 19 heavy (non-hydrogen) atoms. The summed E-state index contributed by atoms with van der Waals surface area (Å²) in [5.74, 6) is -0.214. The topological polar surface area (TPSA) is 84.6 Å². The second kappa shape index (κ2) is 6.05. The maximum absolute atomic E-state index is 11.5. The molecule has 0 saturated carbocycles. The number of hydrazone groups is 1. The average Bonchev–Trinajstić information content (AvgIpc) is 2.27. The van der Waals surface area contributed by atoms with Crippen LogP contribution in [0.2, 0.25) is 0 Å². The van der Waals surface area contributed by atoms with E-state index in [0.29, 0.717) is 16.6 Å². The molecule has 0 aliphatic heterocycles. The maximum Gasteiger partial charge on any atom is 0.295 e. The molecule has 0 bridgehead atoms. The van der Waals surface area contributed by atoms with Gasteiger partial charge in [-0.2, -0.15) is 5.10 Å². The molecule has 0 radical (unpaired) electrons. The highest BCUT2D eigenvalue weighted by atomic mass is 16.6. The molecule has 1 N–H and O–H groups in total. The molecule has 0 spiro atoms. The minimum absolute atomic E-state index is 0.0124. The van der Waals surface area contributed by atoms with Gasteiger partial charge in [0.15, 0.2) is 6.54 Å². The molecule has 0 aliphatic carbocycles. The molecule has 1 aromatic carbocycles. The summed E-state index contributed by atoms with van der Waals surface area (Å²) < 4.78 is 0.498. The number of quaternary nitrogens is 1. The lowest BCUT2D eigenvalue weighted by Crippen LogP contribution is -2.43. The number of nitro benzene ring substituents is 1. The van der Waals surface area contributed by atoms with Crippen LogP contribution < -0.4 is 5.43 Å². The van der Waals surface area contributed by atoms with E-state index in [1.807, 2.05) is 21.1 Å². The maximum atomic E-state index is 11.5. The van der Waals surface area contributed by atoms with Crippen molar-refractivity contribution in [2.75, 3.05) is 27.7 Å². The van der Waals surface area contributed by atoms with Crippen LogP contribution in [0.4, 0.5) is 5.69 Å². The highest BCUT2D eigenvalue weighted by molar-refractivity contribution is 5.83. The highest BCUT2D eigenvalue weighted by Gasteiger charge is 2.13. The summed E-state index contributed by atoms with van der Waals surface area (Å²) in [4.78, 5) is 21.6. The number of carbonyl (C=O) groups excluding carboxylic acids is 1. The lowest BCUT2D eigenvalue weighted by molar-refractivity contribution is -0.862. The summed E-state index contributed by atoms with van der Waals surface area (Å²) in [5.41, 5.74) is 2.92. The Morgan fingerprint density at radius 1 is 1.47 bits per heavy atom. The van der Waals surface area contributed by atoms with Gasteiger partial charge in [0.2, 0.25) is 0 Å². The number of likely N-dealkylation sites (N-methyl/N-ethyl adjacent to an activating group) is 1. The average molecular weight is 265 g/mol. The zero-order valence-electron chi connectivity index (χ0n) is 11.2. The Labute approximate surface area is 111 Å². The van der Waals surface area contributed by atoms with Crippen LogP contribution in [0.3, 0.4) is 0 Å². The van der Waals surface area contributed by atoms with Gasteiger partial charge in [-0.25, -0.2) is 5.43 Å². The van der Waals surface area contributed by atoms with Crippen molar-refractivity contribution < 1.29 is 14.2 Å². The lowest BCUT2D eigenvalue weighted by atomic mass is 10.2. The number of carbonyl (C=O) groups is 1. The van der Waals surface area contributed by atoms with Gasteiger partial charge in [-0.1, -0.05) is 12.1 Å². The Bertz CT molecular complexity index is 506. The Kier molecular flexibility index (Phi) is 4.71. The van der Waals surface area contributed by atoms with Gasteiger partial charge in [0, 0.05) is 17.7 Å². The van der Waals surface area contributed by atoms with Crippen molar-refractivity contribution in [3.63, 3.8) is 0 Å². The predicted molar refractivity (Wildman–Crippen MR) is 71.7 cm³/mol. The van der Waals surface area contributed by atoms with Crippen LogP contribution >= 0.6 is 0 Å². The van der Waals surface area contributed by atoms with E-state index in [4.69, 9.17) is 0 Å². The van der Waals surface area contributed by atoms with Crippen LogP contribution in [-0.4, -0.2) is 49.2 Å². The standard InChI is InChI=1S/C12H16N4O3/c1-16(2,3)9-12(17)14-13-8-10-5-4-6-11(7-10)15(18)19/h4-8H,9H2,1-3H3/p+1/b13-8+. The molecule has 0 heterocycles. The van der Waals surface area contributed by atoms with Crippen molar-refractivity contribution in [1.82, 2.24) is 5.43 Å². The first-order valence-corrected chi connectivity index (χ1v) is 5.65. The first-order valence-electron chi connectivity index (χ1n) is 5.65. The van der Waals surface area contributed by atoms with E-state index in [-0.39, 0.29) is 11.6 Å². The van der Waals surface area contributed by atoms with Crippen molar-refractivity contribution in [3.8, 4) is 0 Å². The van der Waals surface area contributed by atoms with Crippen LogP contribution in [0.1, 0.15) is 5.56 Å². The van der Waals surface area contributed by atoms with E-state index in [1.165, 1.54) is 18.3 Å². The zero-order chi connectivity index (χ0) is 14.5. The zero-order valence-corrected chi connectivity index (χ0v) is 11.2. The first-order chi connectivity index (χ1) is 8.78. The molecule has 0 fully saturated rings. The van der Waals surface area contributed by atoms with E-state index in [0.717, 1.165) is 0 Å². The number of amides is 1. The predicted octanol–water partition coefficient (Wildman–Crippen LogP) is 0.751. The summed E-state index contributed by atoms with van der Waals surface area (Å²) in [6.07, 6.45) is 1.38. The summed E-state index contributed by atoms with van der Waals surface area (Å²) in [6, 6.07) is 6.01. The Morgan fingerprint density at radius 2 is 2.16 bits per heavy atom. The van der Waals surface area contributed by atoms with Crippen LogP contribution in [0.5, 0.6) is 0 Å². The molecular weight excluding hydrogens is 248 g/mol. The smallest absolute Gasteiger partial charge is 0.295 e. The molecule has 0 unspecified atom stereocenters. The third-order valence-electron chi connectivity index (χ3n) is 2.10. The van der Waals surface area contributed by atoms with Crippen molar-refractivity contribution in [2.24, 2.45) is 5.10 Å². The van der Waals surface area contributed by atoms with Crippen molar-refractivity contribution in [2.45, 2.75) is 0 Å². The van der Waals surface area contributed by atoms with Gasteiger partial charge in [0.25, 0.3) is 11.6 Å². The highest BCUT2D eigenvalue weighted by Crippen LogP contribution is 2.11. The summed E-state index contributed by atoms with van der Waals surface area (Å²) in [7, 11) is 5.68. The quantitative estimate of drug-likeness (QED) is 0.369. The number of nitrogens with one attached hydrogen (secondary N) is 1. The molecule has 0 saturated heterocycles. The van der Waals surface area contributed by atoms with Crippen LogP contribution in [0, 0.1) is 10.1 Å². The summed E-state index contributed by atoms with van der Waals surface area (Å²) in [6.45, 7) is 0.298. The number of non-ortho nitro benzene ring substituents is 1. The second-order valence-electron chi connectivity index (χ2n) is 5.09. The fraction of sp³-hybridized carbons (Fsp3) is 0.333. The lowest BCUT2D eigenvalue weighted by Gasteiger charge is -2.21. The molecule has 1 amide bonds. The van der Waals surface area contributed by atoms with Gasteiger partial charge >= 0.3 is 0 Å². The molecule has 0 aliphatic rings. The van der Waals surface area contributed by atoms with Crippen LogP contribution in [0.25, 0.3) is 0 Å². The minimum atomic E-state index is -0.479. The molecule has 7 nitrogen and oxygen atoms in total. The molecule has 0 aromatic heterocycles. The van der Waals surface area contributed by atoms with E-state index in [1.54, 1.807) is 12.1 Å². The third-order valence-corrected chi connectivity index (χ3v) is 2.10. The first kappa shape index (κ1) is 14.8. The third kappa shape index (κ3) is 5.73. The van der Waals surface area contributed by atoms with Gasteiger partial charge in [0.1, 0.15) is 0 Å². The van der Waals surface area contributed by atoms with E-state index in [9.17, 15) is 14.9 Å². The normalized spacial score (nSPS) is 11.5. The molecule has 0 atom stereocenters. The summed E-state index contributed by atoms with van der Waals surface area (Å²) >= 11 is 0. The number of nitro groups is 1. The minimum Gasteiger partial charge on any atom is -0.323 e. The van der Waals surface area contributed by atoms with E-state index in [2.05, 4.69) is 10.5 Å². The SMILES string of the molecule is C[N+](C)(C)CC(=O)N/N=C/c1cccc([N+](=O)[O-])c1.